The molecule has 4 aromatic rings. The molecular formula is C28H25N3O5. The molecule has 2 amide bonds. The van der Waals surface area contributed by atoms with E-state index in [2.05, 4.69) is 15.6 Å². The lowest BCUT2D eigenvalue weighted by atomic mass is 10.0. The number of H-pyrrole nitrogens is 1. The fourth-order valence-corrected chi connectivity index (χ4v) is 3.77. The number of rotatable bonds is 9. The number of aromatic nitrogens is 1. The van der Waals surface area contributed by atoms with Crippen LogP contribution in [0.3, 0.4) is 0 Å². The first-order chi connectivity index (χ1) is 17.4. The normalized spacial score (nSPS) is 12.1. The molecule has 4 N–H and O–H groups in total. The molecule has 8 heteroatoms. The molecule has 8 nitrogen and oxygen atoms in total. The lowest BCUT2D eigenvalue weighted by Crippen LogP contribution is -2.45. The van der Waals surface area contributed by atoms with E-state index in [1.54, 1.807) is 67.9 Å². The number of benzene rings is 3. The van der Waals surface area contributed by atoms with Crippen molar-refractivity contribution in [1.29, 1.82) is 0 Å². The van der Waals surface area contributed by atoms with E-state index in [9.17, 15) is 19.5 Å². The molecule has 0 saturated heterocycles. The summed E-state index contributed by atoms with van der Waals surface area (Å²) in [6, 6.07) is 21.6. The highest BCUT2D eigenvalue weighted by molar-refractivity contribution is 6.06. The summed E-state index contributed by atoms with van der Waals surface area (Å²) in [5.41, 5.74) is 2.53. The van der Waals surface area contributed by atoms with Crippen molar-refractivity contribution in [3.8, 4) is 5.75 Å². The summed E-state index contributed by atoms with van der Waals surface area (Å²) in [5, 5.41) is 15.9. The van der Waals surface area contributed by atoms with Crippen molar-refractivity contribution < 1.29 is 24.2 Å². The van der Waals surface area contributed by atoms with Crippen molar-refractivity contribution in [2.24, 2.45) is 0 Å². The highest BCUT2D eigenvalue weighted by atomic mass is 16.5. The molecule has 182 valence electrons. The number of nitrogens with one attached hydrogen (secondary N) is 3. The molecule has 0 bridgehead atoms. The van der Waals surface area contributed by atoms with Crippen molar-refractivity contribution in [3.05, 3.63) is 107 Å². The average molecular weight is 484 g/mol. The number of para-hydroxylation sites is 1. The first-order valence-corrected chi connectivity index (χ1v) is 11.3. The van der Waals surface area contributed by atoms with Gasteiger partial charge >= 0.3 is 5.97 Å². The molecule has 0 aliphatic rings. The molecule has 0 spiro atoms. The fraction of sp³-hybridized carbons (Fsp3) is 0.107. The molecule has 1 aromatic heterocycles. The Labute approximate surface area is 207 Å². The van der Waals surface area contributed by atoms with Crippen LogP contribution in [-0.2, 0) is 16.0 Å². The summed E-state index contributed by atoms with van der Waals surface area (Å²) in [7, 11) is 1.55. The van der Waals surface area contributed by atoms with E-state index >= 15 is 0 Å². The minimum atomic E-state index is -1.22. The number of carbonyl (C=O) groups excluding carboxylic acids is 2. The summed E-state index contributed by atoms with van der Waals surface area (Å²) < 4.78 is 5.17. The van der Waals surface area contributed by atoms with Gasteiger partial charge in [-0.3, -0.25) is 9.59 Å². The van der Waals surface area contributed by atoms with Gasteiger partial charge in [0.2, 0.25) is 0 Å². The molecule has 0 saturated carbocycles. The van der Waals surface area contributed by atoms with E-state index in [0.717, 1.165) is 16.5 Å². The summed E-state index contributed by atoms with van der Waals surface area (Å²) in [5.74, 6) is -1.76. The highest BCUT2D eigenvalue weighted by Gasteiger charge is 2.24. The second kappa shape index (κ2) is 11.1. The van der Waals surface area contributed by atoms with Crippen molar-refractivity contribution in [2.75, 3.05) is 7.11 Å². The molecule has 0 fully saturated rings. The Morgan fingerprint density at radius 2 is 1.67 bits per heavy atom. The molecule has 0 aliphatic carbocycles. The third-order valence-corrected chi connectivity index (χ3v) is 5.66. The third kappa shape index (κ3) is 5.79. The van der Waals surface area contributed by atoms with Gasteiger partial charge in [0.1, 0.15) is 17.5 Å². The van der Waals surface area contributed by atoms with Gasteiger partial charge in [-0.15, -0.1) is 0 Å². The van der Waals surface area contributed by atoms with Gasteiger partial charge in [0.05, 0.1) is 7.11 Å². The number of methoxy groups -OCH3 is 1. The molecule has 0 aliphatic heterocycles. The number of hydrogen-bond donors (Lipinski definition) is 4. The molecule has 1 atom stereocenters. The zero-order chi connectivity index (χ0) is 25.5. The van der Waals surface area contributed by atoms with Crippen LogP contribution in [0.25, 0.3) is 17.0 Å². The number of ether oxygens (including phenoxy) is 1. The van der Waals surface area contributed by atoms with E-state index < -0.39 is 23.8 Å². The number of carbonyl (C=O) groups is 3. The number of carboxylic acid groups (broad SMARTS) is 1. The van der Waals surface area contributed by atoms with Crippen LogP contribution in [0.4, 0.5) is 0 Å². The lowest BCUT2D eigenvalue weighted by molar-refractivity contribution is -0.141. The number of aliphatic carboxylic acids is 1. The minimum Gasteiger partial charge on any atom is -0.497 e. The zero-order valence-electron chi connectivity index (χ0n) is 19.5. The Hall–Kier alpha value is -4.85. The smallest absolute Gasteiger partial charge is 0.326 e. The van der Waals surface area contributed by atoms with Gasteiger partial charge < -0.3 is 25.5 Å². The molecule has 36 heavy (non-hydrogen) atoms. The molecule has 1 heterocycles. The van der Waals surface area contributed by atoms with Gasteiger partial charge in [-0.25, -0.2) is 4.79 Å². The summed E-state index contributed by atoms with van der Waals surface area (Å²) in [6.45, 7) is 0. The van der Waals surface area contributed by atoms with Crippen molar-refractivity contribution >= 4 is 34.8 Å². The monoisotopic (exact) mass is 483 g/mol. The first-order valence-electron chi connectivity index (χ1n) is 11.3. The summed E-state index contributed by atoms with van der Waals surface area (Å²) in [4.78, 5) is 41.2. The molecular weight excluding hydrogens is 458 g/mol. The maximum absolute atomic E-state index is 13.3. The van der Waals surface area contributed by atoms with Crippen LogP contribution >= 0.6 is 0 Å². The number of carboxylic acids is 1. The average Bonchev–Trinajstić information content (AvgIpc) is 3.31. The topological polar surface area (TPSA) is 121 Å². The van der Waals surface area contributed by atoms with Gasteiger partial charge in [-0.2, -0.15) is 0 Å². The predicted molar refractivity (Wildman–Crippen MR) is 136 cm³/mol. The Kier molecular flexibility index (Phi) is 7.45. The maximum atomic E-state index is 13.3. The van der Waals surface area contributed by atoms with Gasteiger partial charge in [0.25, 0.3) is 11.8 Å². The highest BCUT2D eigenvalue weighted by Crippen LogP contribution is 2.19. The standard InChI is InChI=1S/C28H25N3O5/c1-36-21-13-11-18(12-14-21)15-24(30-26(32)19-7-3-2-4-8-19)27(33)31-25(28(34)35)16-20-17-29-23-10-6-5-9-22(20)23/h2-15,17,25,29H,16H2,1H3,(H,30,32)(H,31,33)(H,34,35)/b24-15-/t25-/m1/s1. The number of hydrogen-bond acceptors (Lipinski definition) is 4. The Morgan fingerprint density at radius 3 is 2.36 bits per heavy atom. The van der Waals surface area contributed by atoms with E-state index in [1.165, 1.54) is 6.08 Å². The minimum absolute atomic E-state index is 0.0630. The second-order valence-electron chi connectivity index (χ2n) is 8.08. The van der Waals surface area contributed by atoms with Crippen LogP contribution in [0.5, 0.6) is 5.75 Å². The van der Waals surface area contributed by atoms with Gasteiger partial charge in [-0.1, -0.05) is 48.5 Å². The molecule has 4 rings (SSSR count). The number of aromatic amines is 1. The summed E-state index contributed by atoms with van der Waals surface area (Å²) in [6.07, 6.45) is 3.28. The van der Waals surface area contributed by atoms with E-state index in [4.69, 9.17) is 4.74 Å². The first kappa shape index (κ1) is 24.3. The SMILES string of the molecule is COc1ccc(/C=C(\NC(=O)c2ccccc2)C(=O)N[C@H](Cc2c[nH]c3ccccc23)C(=O)O)cc1. The van der Waals surface area contributed by atoms with Crippen molar-refractivity contribution in [1.82, 2.24) is 15.6 Å². The molecule has 0 radical (unpaired) electrons. The molecule has 0 unspecified atom stereocenters. The Morgan fingerprint density at radius 1 is 0.972 bits per heavy atom. The van der Waals surface area contributed by atoms with Gasteiger partial charge in [-0.05, 0) is 47.5 Å². The Balaban J connectivity index is 1.59. The quantitative estimate of drug-likeness (QED) is 0.270. The summed E-state index contributed by atoms with van der Waals surface area (Å²) >= 11 is 0. The fourth-order valence-electron chi connectivity index (χ4n) is 3.77. The van der Waals surface area contributed by atoms with Crippen LogP contribution in [0.1, 0.15) is 21.5 Å². The largest absolute Gasteiger partial charge is 0.497 e. The number of fused-ring (bicyclic) bond motifs is 1. The second-order valence-corrected chi connectivity index (χ2v) is 8.08. The van der Waals surface area contributed by atoms with Crippen molar-refractivity contribution in [3.63, 3.8) is 0 Å². The predicted octanol–water partition coefficient (Wildman–Crippen LogP) is 3.76. The van der Waals surface area contributed by atoms with E-state index in [1.807, 2.05) is 24.3 Å². The van der Waals surface area contributed by atoms with Crippen LogP contribution < -0.4 is 15.4 Å². The van der Waals surface area contributed by atoms with Crippen LogP contribution in [0.15, 0.2) is 90.8 Å². The van der Waals surface area contributed by atoms with E-state index in [-0.39, 0.29) is 12.1 Å². The van der Waals surface area contributed by atoms with Crippen molar-refractivity contribution in [2.45, 2.75) is 12.5 Å². The van der Waals surface area contributed by atoms with Crippen LogP contribution in [0.2, 0.25) is 0 Å². The van der Waals surface area contributed by atoms with Gasteiger partial charge in [0, 0.05) is 29.1 Å². The van der Waals surface area contributed by atoms with Crippen LogP contribution in [-0.4, -0.2) is 41.0 Å². The number of amides is 2. The van der Waals surface area contributed by atoms with Gasteiger partial charge in [0.15, 0.2) is 0 Å². The maximum Gasteiger partial charge on any atom is 0.326 e. The molecule has 3 aromatic carbocycles. The van der Waals surface area contributed by atoms with E-state index in [0.29, 0.717) is 16.9 Å². The Bertz CT molecular complexity index is 1410. The van der Waals surface area contributed by atoms with Crippen LogP contribution in [0, 0.1) is 0 Å². The third-order valence-electron chi connectivity index (χ3n) is 5.66. The lowest BCUT2D eigenvalue weighted by Gasteiger charge is -2.17. The zero-order valence-corrected chi connectivity index (χ0v) is 19.5.